The van der Waals surface area contributed by atoms with Crippen LogP contribution in [0.15, 0.2) is 18.3 Å². The Kier molecular flexibility index (Phi) is 4.58. The zero-order valence-corrected chi connectivity index (χ0v) is 12.7. The molecular weight excluding hydrogens is 234 g/mol. The second-order valence-corrected chi connectivity index (χ2v) is 6.01. The van der Waals surface area contributed by atoms with Gasteiger partial charge in [0.25, 0.3) is 0 Å². The van der Waals surface area contributed by atoms with Gasteiger partial charge in [-0.15, -0.1) is 0 Å². The molecule has 1 fully saturated rings. The van der Waals surface area contributed by atoms with E-state index in [0.717, 1.165) is 5.69 Å². The summed E-state index contributed by atoms with van der Waals surface area (Å²) in [6.07, 6.45) is 8.60. The highest BCUT2D eigenvalue weighted by Gasteiger charge is 2.41. The summed E-state index contributed by atoms with van der Waals surface area (Å²) in [4.78, 5) is 6.90. The molecule has 19 heavy (non-hydrogen) atoms. The third kappa shape index (κ3) is 2.82. The molecule has 0 spiro atoms. The summed E-state index contributed by atoms with van der Waals surface area (Å²) in [7, 11) is 6.51. The maximum absolute atomic E-state index is 4.47. The third-order valence-corrected chi connectivity index (χ3v) is 4.70. The molecule has 0 amide bonds. The van der Waals surface area contributed by atoms with Gasteiger partial charge in [-0.2, -0.15) is 0 Å². The predicted octanol–water partition coefficient (Wildman–Crippen LogP) is 2.92. The molecule has 1 unspecified atom stereocenters. The summed E-state index contributed by atoms with van der Waals surface area (Å²) in [5.41, 5.74) is 2.62. The van der Waals surface area contributed by atoms with Crippen molar-refractivity contribution in [2.45, 2.75) is 50.6 Å². The normalized spacial score (nSPS) is 20.5. The van der Waals surface area contributed by atoms with Gasteiger partial charge in [0, 0.05) is 17.4 Å². The van der Waals surface area contributed by atoms with Crippen LogP contribution in [0.1, 0.15) is 49.4 Å². The first-order chi connectivity index (χ1) is 9.10. The van der Waals surface area contributed by atoms with Crippen molar-refractivity contribution in [1.82, 2.24) is 15.2 Å². The molecule has 0 bridgehead atoms. The number of rotatable bonds is 4. The van der Waals surface area contributed by atoms with Crippen LogP contribution in [-0.2, 0) is 0 Å². The summed E-state index contributed by atoms with van der Waals surface area (Å²) in [5.74, 6) is 0. The number of pyridine rings is 1. The molecular formula is C16H27N3. The molecule has 1 aromatic rings. The minimum Gasteiger partial charge on any atom is -0.311 e. The second-order valence-electron chi connectivity index (χ2n) is 6.01. The van der Waals surface area contributed by atoms with Crippen LogP contribution >= 0.6 is 0 Å². The largest absolute Gasteiger partial charge is 0.311 e. The smallest absolute Gasteiger partial charge is 0.0519 e. The molecule has 0 saturated heterocycles. The fraction of sp³-hybridized carbons (Fsp3) is 0.688. The fourth-order valence-electron chi connectivity index (χ4n) is 3.55. The number of likely N-dealkylation sites (N-methyl/N-ethyl adjacent to an activating group) is 2. The van der Waals surface area contributed by atoms with Crippen molar-refractivity contribution in [3.8, 4) is 0 Å². The molecule has 0 aromatic carbocycles. The fourth-order valence-corrected chi connectivity index (χ4v) is 3.55. The van der Waals surface area contributed by atoms with Gasteiger partial charge in [0.05, 0.1) is 6.04 Å². The molecule has 106 valence electrons. The standard InChI is InChI=1S/C16H27N3/c1-13-8-9-14(12-18-13)15(17-2)16(19(3)4)10-6-5-7-11-16/h8-9,12,15,17H,5-7,10-11H2,1-4H3. The van der Waals surface area contributed by atoms with Crippen LogP contribution in [0.3, 0.4) is 0 Å². The molecule has 3 nitrogen and oxygen atoms in total. The van der Waals surface area contributed by atoms with E-state index in [-0.39, 0.29) is 5.54 Å². The molecule has 1 aliphatic carbocycles. The van der Waals surface area contributed by atoms with Gasteiger partial charge in [-0.05, 0) is 52.5 Å². The van der Waals surface area contributed by atoms with Gasteiger partial charge in [-0.25, -0.2) is 0 Å². The Balaban J connectivity index is 2.34. The van der Waals surface area contributed by atoms with E-state index in [1.54, 1.807) is 0 Å². The SMILES string of the molecule is CNC(c1ccc(C)nc1)C1(N(C)C)CCCCC1. The van der Waals surface area contributed by atoms with Crippen LogP contribution < -0.4 is 5.32 Å². The summed E-state index contributed by atoms with van der Waals surface area (Å²) >= 11 is 0. The molecule has 1 N–H and O–H groups in total. The molecule has 0 radical (unpaired) electrons. The van der Waals surface area contributed by atoms with E-state index in [2.05, 4.69) is 48.5 Å². The first-order valence-corrected chi connectivity index (χ1v) is 7.37. The Morgan fingerprint density at radius 1 is 1.21 bits per heavy atom. The predicted molar refractivity (Wildman–Crippen MR) is 80.3 cm³/mol. The van der Waals surface area contributed by atoms with Crippen molar-refractivity contribution >= 4 is 0 Å². The number of hydrogen-bond donors (Lipinski definition) is 1. The van der Waals surface area contributed by atoms with Gasteiger partial charge >= 0.3 is 0 Å². The number of aryl methyl sites for hydroxylation is 1. The van der Waals surface area contributed by atoms with Gasteiger partial charge in [-0.1, -0.05) is 25.3 Å². The molecule has 0 aliphatic heterocycles. The van der Waals surface area contributed by atoms with E-state index in [0.29, 0.717) is 6.04 Å². The zero-order valence-electron chi connectivity index (χ0n) is 12.7. The number of hydrogen-bond acceptors (Lipinski definition) is 3. The highest BCUT2D eigenvalue weighted by Crippen LogP contribution is 2.41. The lowest BCUT2D eigenvalue weighted by molar-refractivity contribution is 0.0593. The lowest BCUT2D eigenvalue weighted by Gasteiger charge is -2.48. The van der Waals surface area contributed by atoms with Crippen molar-refractivity contribution in [3.63, 3.8) is 0 Å². The van der Waals surface area contributed by atoms with Crippen molar-refractivity contribution < 1.29 is 0 Å². The summed E-state index contributed by atoms with van der Waals surface area (Å²) in [6, 6.07) is 4.70. The topological polar surface area (TPSA) is 28.2 Å². The molecule has 1 atom stereocenters. The molecule has 1 heterocycles. The first-order valence-electron chi connectivity index (χ1n) is 7.37. The van der Waals surface area contributed by atoms with Crippen LogP contribution in [0.5, 0.6) is 0 Å². The molecule has 1 saturated carbocycles. The van der Waals surface area contributed by atoms with E-state index >= 15 is 0 Å². The van der Waals surface area contributed by atoms with Gasteiger partial charge < -0.3 is 10.2 Å². The van der Waals surface area contributed by atoms with E-state index in [1.165, 1.54) is 37.7 Å². The minimum absolute atomic E-state index is 0.226. The van der Waals surface area contributed by atoms with E-state index in [4.69, 9.17) is 0 Å². The molecule has 1 aliphatic rings. The van der Waals surface area contributed by atoms with Crippen LogP contribution in [0.4, 0.5) is 0 Å². The Labute approximate surface area is 117 Å². The summed E-state index contributed by atoms with van der Waals surface area (Å²) in [6.45, 7) is 2.04. The van der Waals surface area contributed by atoms with E-state index < -0.39 is 0 Å². The molecule has 2 rings (SSSR count). The van der Waals surface area contributed by atoms with Crippen molar-refractivity contribution in [1.29, 1.82) is 0 Å². The van der Waals surface area contributed by atoms with Crippen molar-refractivity contribution in [2.75, 3.05) is 21.1 Å². The average Bonchev–Trinajstić information content (AvgIpc) is 2.42. The van der Waals surface area contributed by atoms with Gasteiger partial charge in [0.15, 0.2) is 0 Å². The lowest BCUT2D eigenvalue weighted by atomic mass is 9.73. The Morgan fingerprint density at radius 2 is 1.89 bits per heavy atom. The maximum Gasteiger partial charge on any atom is 0.0519 e. The van der Waals surface area contributed by atoms with E-state index in [9.17, 15) is 0 Å². The number of aromatic nitrogens is 1. The molecule has 3 heteroatoms. The minimum atomic E-state index is 0.226. The quantitative estimate of drug-likeness (QED) is 0.903. The summed E-state index contributed by atoms with van der Waals surface area (Å²) in [5, 5.41) is 3.55. The third-order valence-electron chi connectivity index (χ3n) is 4.70. The van der Waals surface area contributed by atoms with Crippen molar-refractivity contribution in [3.05, 3.63) is 29.6 Å². The Hall–Kier alpha value is -0.930. The maximum atomic E-state index is 4.47. The highest BCUT2D eigenvalue weighted by atomic mass is 15.2. The Morgan fingerprint density at radius 3 is 2.37 bits per heavy atom. The van der Waals surface area contributed by atoms with Crippen molar-refractivity contribution in [2.24, 2.45) is 0 Å². The monoisotopic (exact) mass is 261 g/mol. The van der Waals surface area contributed by atoms with Crippen LogP contribution in [-0.4, -0.2) is 36.6 Å². The average molecular weight is 261 g/mol. The molecule has 1 aromatic heterocycles. The van der Waals surface area contributed by atoms with Gasteiger partial charge in [0.1, 0.15) is 0 Å². The van der Waals surface area contributed by atoms with Crippen LogP contribution in [0.25, 0.3) is 0 Å². The van der Waals surface area contributed by atoms with Crippen LogP contribution in [0.2, 0.25) is 0 Å². The lowest BCUT2D eigenvalue weighted by Crippen LogP contribution is -2.54. The van der Waals surface area contributed by atoms with E-state index in [1.807, 2.05) is 13.1 Å². The van der Waals surface area contributed by atoms with Gasteiger partial charge in [0.2, 0.25) is 0 Å². The zero-order chi connectivity index (χ0) is 13.9. The second kappa shape index (κ2) is 6.02. The number of nitrogens with one attached hydrogen (secondary N) is 1. The van der Waals surface area contributed by atoms with Crippen LogP contribution in [0, 0.1) is 6.92 Å². The Bertz CT molecular complexity index is 391. The highest BCUT2D eigenvalue weighted by molar-refractivity contribution is 5.22. The van der Waals surface area contributed by atoms with Gasteiger partial charge in [-0.3, -0.25) is 4.98 Å². The summed E-state index contributed by atoms with van der Waals surface area (Å²) < 4.78 is 0. The number of nitrogens with zero attached hydrogens (tertiary/aromatic N) is 2. The first kappa shape index (κ1) is 14.5.